The third kappa shape index (κ3) is 5.00. The molecule has 184 valence electrons. The van der Waals surface area contributed by atoms with E-state index in [1.165, 1.54) is 0 Å². The van der Waals surface area contributed by atoms with E-state index in [-0.39, 0.29) is 23.7 Å². The van der Waals surface area contributed by atoms with Crippen LogP contribution in [0.15, 0.2) is 84.3 Å². The number of para-hydroxylation sites is 2. The molecule has 1 amide bonds. The highest BCUT2D eigenvalue weighted by molar-refractivity contribution is 6.30. The van der Waals surface area contributed by atoms with Crippen LogP contribution in [0.5, 0.6) is 0 Å². The molecule has 5 rings (SSSR count). The second kappa shape index (κ2) is 9.78. The van der Waals surface area contributed by atoms with Crippen LogP contribution in [0.25, 0.3) is 0 Å². The lowest BCUT2D eigenvalue weighted by molar-refractivity contribution is -0.120. The van der Waals surface area contributed by atoms with Gasteiger partial charge in [-0.15, -0.1) is 0 Å². The number of halogens is 1. The summed E-state index contributed by atoms with van der Waals surface area (Å²) in [5.74, 6) is -0.0393. The summed E-state index contributed by atoms with van der Waals surface area (Å²) in [6.07, 6.45) is 4.64. The van der Waals surface area contributed by atoms with Crippen molar-refractivity contribution in [2.24, 2.45) is 5.41 Å². The summed E-state index contributed by atoms with van der Waals surface area (Å²) in [5, 5.41) is 7.20. The van der Waals surface area contributed by atoms with Gasteiger partial charge in [-0.3, -0.25) is 14.6 Å². The molecule has 0 bridgehead atoms. The van der Waals surface area contributed by atoms with E-state index in [0.29, 0.717) is 23.6 Å². The molecule has 0 spiro atoms. The van der Waals surface area contributed by atoms with Crippen molar-refractivity contribution in [2.45, 2.75) is 39.3 Å². The Morgan fingerprint density at radius 3 is 2.64 bits per heavy atom. The fourth-order valence-corrected chi connectivity index (χ4v) is 5.26. The maximum Gasteiger partial charge on any atom is 0.239 e. The molecule has 1 atom stereocenters. The first kappa shape index (κ1) is 24.1. The number of Topliss-reactive ketones (excluding diaryl/α,β-unsaturated/α-hetero) is 1. The minimum atomic E-state index is -0.429. The summed E-state index contributed by atoms with van der Waals surface area (Å²) in [6, 6.07) is 18.8. The van der Waals surface area contributed by atoms with Crippen LogP contribution < -0.4 is 15.5 Å². The number of benzene rings is 2. The number of fused-ring (bicyclic) bond motifs is 1. The van der Waals surface area contributed by atoms with E-state index in [4.69, 9.17) is 11.6 Å². The highest BCUT2D eigenvalue weighted by Crippen LogP contribution is 2.48. The van der Waals surface area contributed by atoms with Crippen molar-refractivity contribution in [3.8, 4) is 0 Å². The summed E-state index contributed by atoms with van der Waals surface area (Å²) < 4.78 is 0. The first-order valence-corrected chi connectivity index (χ1v) is 12.5. The summed E-state index contributed by atoms with van der Waals surface area (Å²) in [7, 11) is 0. The zero-order chi connectivity index (χ0) is 25.3. The molecule has 7 heteroatoms. The van der Waals surface area contributed by atoms with Gasteiger partial charge in [0, 0.05) is 41.7 Å². The predicted octanol–water partition coefficient (Wildman–Crippen LogP) is 5.67. The number of nitrogens with one attached hydrogen (secondary N) is 2. The number of rotatable bonds is 5. The molecule has 6 nitrogen and oxygen atoms in total. The number of hydrogen-bond acceptors (Lipinski definition) is 5. The van der Waals surface area contributed by atoms with Crippen LogP contribution in [-0.4, -0.2) is 23.2 Å². The van der Waals surface area contributed by atoms with Gasteiger partial charge in [-0.25, -0.2) is 0 Å². The van der Waals surface area contributed by atoms with Crippen LogP contribution >= 0.6 is 11.6 Å². The maximum absolute atomic E-state index is 13.7. The van der Waals surface area contributed by atoms with Crippen molar-refractivity contribution in [3.05, 3.63) is 100 Å². The van der Waals surface area contributed by atoms with Crippen LogP contribution in [0.4, 0.5) is 11.4 Å². The summed E-state index contributed by atoms with van der Waals surface area (Å²) >= 11 is 6.21. The normalized spacial score (nSPS) is 18.6. The molecule has 0 radical (unpaired) electrons. The van der Waals surface area contributed by atoms with Crippen LogP contribution in [0.2, 0.25) is 5.02 Å². The predicted molar refractivity (Wildman–Crippen MR) is 143 cm³/mol. The van der Waals surface area contributed by atoms with Crippen molar-refractivity contribution in [1.82, 2.24) is 10.3 Å². The summed E-state index contributed by atoms with van der Waals surface area (Å²) in [5.41, 5.74) is 5.07. The smallest absolute Gasteiger partial charge is 0.239 e. The number of pyridine rings is 1. The van der Waals surface area contributed by atoms with Gasteiger partial charge in [0.1, 0.15) is 0 Å². The average Bonchev–Trinajstić information content (AvgIpc) is 2.98. The molecule has 2 aliphatic rings. The molecule has 1 aliphatic heterocycles. The van der Waals surface area contributed by atoms with Gasteiger partial charge in [0.05, 0.1) is 24.0 Å². The van der Waals surface area contributed by atoms with Gasteiger partial charge < -0.3 is 15.5 Å². The Hall–Kier alpha value is -3.64. The maximum atomic E-state index is 13.7. The largest absolute Gasteiger partial charge is 0.357 e. The third-order valence-electron chi connectivity index (χ3n) is 6.72. The number of nitrogens with zero attached hydrogens (tertiary/aromatic N) is 2. The Morgan fingerprint density at radius 2 is 1.89 bits per heavy atom. The lowest BCUT2D eigenvalue weighted by atomic mass is 9.73. The number of amides is 1. The SMILES string of the molecule is CC1(C)CC(=O)C2=C(C1)Nc1ccccc1N(CC(=O)NCc1cccnc1)C2c1ccc(Cl)cc1. The van der Waals surface area contributed by atoms with Crippen molar-refractivity contribution < 1.29 is 9.59 Å². The molecule has 1 unspecified atom stereocenters. The molecule has 0 saturated carbocycles. The van der Waals surface area contributed by atoms with Gasteiger partial charge >= 0.3 is 0 Å². The number of anilines is 2. The number of ketones is 1. The molecule has 1 aromatic heterocycles. The number of hydrogen-bond donors (Lipinski definition) is 2. The molecule has 3 aromatic rings. The van der Waals surface area contributed by atoms with Gasteiger partial charge in [-0.1, -0.05) is 55.8 Å². The zero-order valence-corrected chi connectivity index (χ0v) is 21.2. The lowest BCUT2D eigenvalue weighted by Crippen LogP contribution is -2.41. The van der Waals surface area contributed by atoms with Crippen LogP contribution in [-0.2, 0) is 16.1 Å². The fourth-order valence-electron chi connectivity index (χ4n) is 5.13. The Kier molecular flexibility index (Phi) is 6.54. The number of allylic oxidation sites excluding steroid dienone is 1. The second-order valence-electron chi connectivity index (χ2n) is 10.2. The van der Waals surface area contributed by atoms with Crippen LogP contribution in [0, 0.1) is 5.41 Å². The Bertz CT molecular complexity index is 1320. The molecule has 0 saturated heterocycles. The zero-order valence-electron chi connectivity index (χ0n) is 20.4. The minimum absolute atomic E-state index is 0.0830. The van der Waals surface area contributed by atoms with Gasteiger partial charge in [-0.05, 0) is 53.3 Å². The molecular formula is C29H29ClN4O2. The van der Waals surface area contributed by atoms with E-state index >= 15 is 0 Å². The quantitative estimate of drug-likeness (QED) is 0.472. The van der Waals surface area contributed by atoms with Crippen LogP contribution in [0.3, 0.4) is 0 Å². The first-order chi connectivity index (χ1) is 17.3. The Balaban J connectivity index is 1.58. The van der Waals surface area contributed by atoms with Crippen LogP contribution in [0.1, 0.15) is 43.9 Å². The van der Waals surface area contributed by atoms with Gasteiger partial charge in [-0.2, -0.15) is 0 Å². The van der Waals surface area contributed by atoms with Gasteiger partial charge in [0.2, 0.25) is 5.91 Å². The number of carbonyl (C=O) groups is 2. The molecule has 2 heterocycles. The van der Waals surface area contributed by atoms with Crippen molar-refractivity contribution in [2.75, 3.05) is 16.8 Å². The summed E-state index contributed by atoms with van der Waals surface area (Å²) in [6.45, 7) is 4.70. The van der Waals surface area contributed by atoms with E-state index in [1.54, 1.807) is 12.4 Å². The molecular weight excluding hydrogens is 472 g/mol. The van der Waals surface area contributed by atoms with E-state index in [2.05, 4.69) is 29.5 Å². The van der Waals surface area contributed by atoms with E-state index < -0.39 is 6.04 Å². The van der Waals surface area contributed by atoms with Crippen molar-refractivity contribution in [1.29, 1.82) is 0 Å². The molecule has 1 aliphatic carbocycles. The fraction of sp³-hybridized carbons (Fsp3) is 0.276. The summed E-state index contributed by atoms with van der Waals surface area (Å²) in [4.78, 5) is 33.1. The average molecular weight is 501 g/mol. The first-order valence-electron chi connectivity index (χ1n) is 12.1. The van der Waals surface area contributed by atoms with Crippen molar-refractivity contribution in [3.63, 3.8) is 0 Å². The van der Waals surface area contributed by atoms with Crippen molar-refractivity contribution >= 4 is 34.7 Å². The number of aromatic nitrogens is 1. The van der Waals surface area contributed by atoms with Gasteiger partial charge in [0.15, 0.2) is 5.78 Å². The minimum Gasteiger partial charge on any atom is -0.357 e. The number of carbonyl (C=O) groups excluding carboxylic acids is 2. The lowest BCUT2D eigenvalue weighted by Gasteiger charge is -2.37. The molecule has 2 N–H and O–H groups in total. The molecule has 2 aromatic carbocycles. The second-order valence-corrected chi connectivity index (χ2v) is 10.6. The highest BCUT2D eigenvalue weighted by Gasteiger charge is 2.41. The molecule has 0 fully saturated rings. The standard InChI is InChI=1S/C29H29ClN4O2/c1-29(2)14-23-27(25(35)15-29)28(20-9-11-21(30)12-10-20)34(24-8-4-3-7-22(24)33-23)18-26(36)32-17-19-6-5-13-31-16-19/h3-13,16,28,33H,14-15,17-18H2,1-2H3,(H,32,36). The topological polar surface area (TPSA) is 74.3 Å². The highest BCUT2D eigenvalue weighted by atomic mass is 35.5. The Labute approximate surface area is 216 Å². The van der Waals surface area contributed by atoms with E-state index in [1.807, 2.05) is 65.6 Å². The Morgan fingerprint density at radius 1 is 1.11 bits per heavy atom. The third-order valence-corrected chi connectivity index (χ3v) is 6.97. The van der Waals surface area contributed by atoms with E-state index in [9.17, 15) is 9.59 Å². The van der Waals surface area contributed by atoms with E-state index in [0.717, 1.165) is 34.6 Å². The monoisotopic (exact) mass is 500 g/mol. The van der Waals surface area contributed by atoms with Gasteiger partial charge in [0.25, 0.3) is 0 Å². The molecule has 36 heavy (non-hydrogen) atoms.